The van der Waals surface area contributed by atoms with E-state index in [4.69, 9.17) is 9.97 Å². The van der Waals surface area contributed by atoms with Crippen LogP contribution in [-0.4, -0.2) is 134 Å². The summed E-state index contributed by atoms with van der Waals surface area (Å²) >= 11 is 0. The number of pyridine rings is 2. The number of fused-ring (bicyclic) bond motifs is 4. The van der Waals surface area contributed by atoms with Gasteiger partial charge in [-0.3, -0.25) is 29.3 Å². The molecule has 9 aliphatic rings. The lowest BCUT2D eigenvalue weighted by atomic mass is 9.73. The van der Waals surface area contributed by atoms with Crippen molar-refractivity contribution in [1.82, 2.24) is 39.5 Å². The van der Waals surface area contributed by atoms with Crippen molar-refractivity contribution in [2.75, 3.05) is 67.5 Å². The van der Waals surface area contributed by atoms with Gasteiger partial charge in [0.25, 0.3) is 0 Å². The minimum Gasteiger partial charge on any atom is -0.366 e. The van der Waals surface area contributed by atoms with Crippen molar-refractivity contribution < 1.29 is 24.0 Å². The number of anilines is 3. The molecule has 71 heavy (non-hydrogen) atoms. The lowest BCUT2D eigenvalue weighted by Crippen LogP contribution is -2.58. The number of aromatic nitrogens is 4. The van der Waals surface area contributed by atoms with Crippen molar-refractivity contribution >= 4 is 57.9 Å². The molecule has 1 spiro atoms. The van der Waals surface area contributed by atoms with Gasteiger partial charge in [0.2, 0.25) is 29.5 Å². The Balaban J connectivity index is 0.689. The number of nitrogens with zero attached hydrogens (tertiary/aromatic N) is 9. The van der Waals surface area contributed by atoms with Crippen molar-refractivity contribution in [3.8, 4) is 11.3 Å². The molecule has 13 rings (SSSR count). The molecule has 0 radical (unpaired) electrons. The average molecular weight is 962 g/mol. The number of hydrogen-bond acceptors (Lipinski definition) is 11. The molecular weight excluding hydrogens is 895 g/mol. The first-order valence-corrected chi connectivity index (χ1v) is 27.0. The van der Waals surface area contributed by atoms with Crippen LogP contribution in [0.25, 0.3) is 22.3 Å². The van der Waals surface area contributed by atoms with Crippen LogP contribution in [0.4, 0.5) is 17.3 Å². The molecule has 3 saturated carbocycles. The first-order valence-electron chi connectivity index (χ1n) is 27.0. The van der Waals surface area contributed by atoms with Crippen LogP contribution in [0.3, 0.4) is 0 Å². The van der Waals surface area contributed by atoms with E-state index in [1.165, 1.54) is 19.3 Å². The second kappa shape index (κ2) is 17.1. The zero-order valence-electron chi connectivity index (χ0n) is 41.3. The molecule has 5 amide bonds. The molecule has 16 nitrogen and oxygen atoms in total. The minimum atomic E-state index is -0.689. The first-order chi connectivity index (χ1) is 34.5. The number of rotatable bonds is 10. The molecule has 2 N–H and O–H groups in total. The van der Waals surface area contributed by atoms with E-state index in [1.807, 2.05) is 28.3 Å². The second-order valence-electron chi connectivity index (χ2n) is 23.0. The summed E-state index contributed by atoms with van der Waals surface area (Å²) in [4.78, 5) is 93.9. The van der Waals surface area contributed by atoms with E-state index in [-0.39, 0.29) is 59.4 Å². The maximum absolute atomic E-state index is 15.3. The van der Waals surface area contributed by atoms with Gasteiger partial charge < -0.3 is 34.4 Å². The third-order valence-electron chi connectivity index (χ3n) is 18.5. The first kappa shape index (κ1) is 45.0. The molecule has 5 saturated heterocycles. The molecular formula is C55H67N11O5. The number of amides is 5. The van der Waals surface area contributed by atoms with E-state index < -0.39 is 10.8 Å². The van der Waals surface area contributed by atoms with E-state index in [0.717, 1.165) is 95.9 Å². The molecule has 16 heteroatoms. The van der Waals surface area contributed by atoms with Gasteiger partial charge in [-0.15, -0.1) is 0 Å². The van der Waals surface area contributed by atoms with Gasteiger partial charge in [-0.2, -0.15) is 0 Å². The van der Waals surface area contributed by atoms with Crippen LogP contribution < -0.4 is 20.4 Å². The molecule has 3 aliphatic carbocycles. The minimum absolute atomic E-state index is 0.0973. The lowest BCUT2D eigenvalue weighted by molar-refractivity contribution is -0.142. The lowest BCUT2D eigenvalue weighted by Gasteiger charge is -2.48. The summed E-state index contributed by atoms with van der Waals surface area (Å²) in [5.74, 6) is 1.42. The van der Waals surface area contributed by atoms with Gasteiger partial charge in [0.1, 0.15) is 11.3 Å². The standard InChI is InChI=1S/C55H67N11O5/c1-33(2)65-32-57-44-27-43(59-49(48(44)65)58-38-8-9-38)35-6-11-42-45(24-35)66(40-25-39(26-40)61-18-4-3-5-19-61)53(71)54(42)16-22-63(23-17-54)52(70)55-28-37(55)30-64(31-55)51(69)34-14-20-62(21-15-34)46-12-7-36(29-56-46)41-10-13-47(67)60-50(41)68/h6-7,11-12,24,27,29,32-34,37-41H,3-5,8-10,13-23,25-26,28,30-31H2,1-2H3,(H,58,59)(H,60,67,68)/t37-,39?,40?,41-,55-/m1/s1. The number of carbonyl (C=O) groups is 5. The number of benzene rings is 1. The summed E-state index contributed by atoms with van der Waals surface area (Å²) < 4.78 is 2.20. The van der Waals surface area contributed by atoms with Crippen LogP contribution in [0.15, 0.2) is 48.9 Å². The molecule has 8 fully saturated rings. The predicted octanol–water partition coefficient (Wildman–Crippen LogP) is 6.16. The third kappa shape index (κ3) is 7.62. The molecule has 0 bridgehead atoms. The molecule has 372 valence electrons. The number of likely N-dealkylation sites (tertiary alicyclic amines) is 3. The number of imide groups is 1. The largest absolute Gasteiger partial charge is 0.366 e. The van der Waals surface area contributed by atoms with Gasteiger partial charge in [-0.25, -0.2) is 15.0 Å². The summed E-state index contributed by atoms with van der Waals surface area (Å²) in [7, 11) is 0. The third-order valence-corrected chi connectivity index (χ3v) is 18.5. The highest BCUT2D eigenvalue weighted by Crippen LogP contribution is 2.60. The second-order valence-corrected chi connectivity index (χ2v) is 23.0. The molecule has 3 atom stereocenters. The summed E-state index contributed by atoms with van der Waals surface area (Å²) in [6.45, 7) is 10.2. The van der Waals surface area contributed by atoms with Gasteiger partial charge in [0.15, 0.2) is 5.82 Å². The number of piperidine rings is 5. The summed E-state index contributed by atoms with van der Waals surface area (Å²) in [6.07, 6.45) is 16.0. The molecule has 9 heterocycles. The monoisotopic (exact) mass is 962 g/mol. The maximum atomic E-state index is 15.3. The van der Waals surface area contributed by atoms with Crippen LogP contribution in [0, 0.1) is 17.3 Å². The Kier molecular flexibility index (Phi) is 10.8. The Labute approximate surface area is 415 Å². The van der Waals surface area contributed by atoms with Gasteiger partial charge in [0.05, 0.1) is 34.3 Å². The normalized spacial score (nSPS) is 28.6. The topological polar surface area (TPSA) is 169 Å². The molecule has 3 aromatic heterocycles. The Morgan fingerprint density at radius 1 is 0.845 bits per heavy atom. The summed E-state index contributed by atoms with van der Waals surface area (Å²) in [5.41, 5.74) is 5.48. The van der Waals surface area contributed by atoms with Crippen molar-refractivity contribution in [1.29, 1.82) is 0 Å². The van der Waals surface area contributed by atoms with E-state index >= 15 is 4.79 Å². The fourth-order valence-electron chi connectivity index (χ4n) is 13.9. The summed E-state index contributed by atoms with van der Waals surface area (Å²) in [6, 6.07) is 13.9. The Bertz CT molecular complexity index is 2810. The average Bonchev–Trinajstić information content (AvgIpc) is 4.22. The van der Waals surface area contributed by atoms with E-state index in [2.05, 4.69) is 73.0 Å². The van der Waals surface area contributed by atoms with Crippen LogP contribution in [0.2, 0.25) is 0 Å². The van der Waals surface area contributed by atoms with Gasteiger partial charge in [-0.05, 0) is 139 Å². The number of nitrogens with one attached hydrogen (secondary N) is 2. The molecule has 1 aromatic carbocycles. The predicted molar refractivity (Wildman–Crippen MR) is 269 cm³/mol. The number of imidazole rings is 1. The molecule has 0 unspecified atom stereocenters. The maximum Gasteiger partial charge on any atom is 0.238 e. The van der Waals surface area contributed by atoms with Gasteiger partial charge >= 0.3 is 0 Å². The Morgan fingerprint density at radius 3 is 2.35 bits per heavy atom. The molecule has 6 aliphatic heterocycles. The van der Waals surface area contributed by atoms with Gasteiger partial charge in [0, 0.05) is 93.2 Å². The van der Waals surface area contributed by atoms with Crippen LogP contribution in [-0.2, 0) is 29.4 Å². The fourth-order valence-corrected chi connectivity index (χ4v) is 13.9. The molecule has 4 aromatic rings. The van der Waals surface area contributed by atoms with Crippen molar-refractivity contribution in [2.24, 2.45) is 17.3 Å². The van der Waals surface area contributed by atoms with E-state index in [0.29, 0.717) is 89.9 Å². The van der Waals surface area contributed by atoms with Crippen molar-refractivity contribution in [3.63, 3.8) is 0 Å². The number of hydrogen-bond donors (Lipinski definition) is 2. The van der Waals surface area contributed by atoms with Crippen molar-refractivity contribution in [2.45, 2.75) is 139 Å². The van der Waals surface area contributed by atoms with E-state index in [1.54, 1.807) is 6.20 Å². The fraction of sp³-hybridized carbons (Fsp3) is 0.600. The van der Waals surface area contributed by atoms with Crippen LogP contribution in [0.1, 0.15) is 127 Å². The van der Waals surface area contributed by atoms with Crippen LogP contribution >= 0.6 is 0 Å². The Hall–Kier alpha value is -5.90. The van der Waals surface area contributed by atoms with Crippen LogP contribution in [0.5, 0.6) is 0 Å². The highest BCUT2D eigenvalue weighted by atomic mass is 16.2. The zero-order valence-corrected chi connectivity index (χ0v) is 41.3. The number of carbonyl (C=O) groups excluding carboxylic acids is 5. The zero-order chi connectivity index (χ0) is 48.3. The van der Waals surface area contributed by atoms with Crippen molar-refractivity contribution in [3.05, 3.63) is 60.0 Å². The van der Waals surface area contributed by atoms with Gasteiger partial charge in [-0.1, -0.05) is 24.6 Å². The summed E-state index contributed by atoms with van der Waals surface area (Å²) in [5, 5.41) is 6.14. The van der Waals surface area contributed by atoms with E-state index in [9.17, 15) is 19.2 Å². The quantitative estimate of drug-likeness (QED) is 0.175. The smallest absolute Gasteiger partial charge is 0.238 e. The SMILES string of the molecule is CC(C)n1cnc2cc(-c3ccc4c(c3)N(C3CC(N5CCCCC5)C3)C(=O)C43CCN(C(=O)[C@@]45C[C@@H]4CN(C(=O)C4CCN(c6ccc([C@H]7CCC(=O)NC7=O)cn6)CC4)C5)CC3)nc(NC3CC3)c21. The highest BCUT2D eigenvalue weighted by molar-refractivity contribution is 6.10. The highest BCUT2D eigenvalue weighted by Gasteiger charge is 2.67. The Morgan fingerprint density at radius 2 is 1.63 bits per heavy atom.